The van der Waals surface area contributed by atoms with Gasteiger partial charge in [0.15, 0.2) is 0 Å². The number of rotatable bonds is 0. The highest BCUT2D eigenvalue weighted by Gasteiger charge is 2.24. The summed E-state index contributed by atoms with van der Waals surface area (Å²) in [5.41, 5.74) is 5.23. The highest BCUT2D eigenvalue weighted by molar-refractivity contribution is 5.86. The molecular formula is C13H17N3. The molecule has 0 saturated heterocycles. The Bertz CT molecular complexity index is 541. The van der Waals surface area contributed by atoms with Crippen molar-refractivity contribution in [2.75, 3.05) is 7.05 Å². The second kappa shape index (κ2) is 3.32. The number of nitrogens with one attached hydrogen (secondary N) is 1. The molecule has 3 rings (SSSR count). The van der Waals surface area contributed by atoms with E-state index in [9.17, 15) is 0 Å². The van der Waals surface area contributed by atoms with Gasteiger partial charge in [0.1, 0.15) is 0 Å². The molecule has 1 aliphatic heterocycles. The van der Waals surface area contributed by atoms with E-state index in [2.05, 4.69) is 41.8 Å². The molecule has 0 radical (unpaired) electrons. The first kappa shape index (κ1) is 9.85. The Morgan fingerprint density at radius 1 is 1.50 bits per heavy atom. The maximum Gasteiger partial charge on any atom is 0.0493 e. The molecule has 0 aromatic carbocycles. The molecular weight excluding hydrogens is 198 g/mol. The van der Waals surface area contributed by atoms with Crippen molar-refractivity contribution in [3.63, 3.8) is 0 Å². The van der Waals surface area contributed by atoms with Crippen LogP contribution in [0.5, 0.6) is 0 Å². The molecule has 16 heavy (non-hydrogen) atoms. The number of aromatic nitrogens is 2. The monoisotopic (exact) mass is 215 g/mol. The molecule has 3 heteroatoms. The van der Waals surface area contributed by atoms with Gasteiger partial charge in [-0.15, -0.1) is 0 Å². The molecule has 0 spiro atoms. The van der Waals surface area contributed by atoms with Crippen LogP contribution in [0.25, 0.3) is 10.9 Å². The number of pyridine rings is 1. The van der Waals surface area contributed by atoms with Gasteiger partial charge in [-0.05, 0) is 38.9 Å². The van der Waals surface area contributed by atoms with Gasteiger partial charge in [0.05, 0.1) is 0 Å². The Kier molecular flexibility index (Phi) is 2.04. The van der Waals surface area contributed by atoms with Gasteiger partial charge in [-0.1, -0.05) is 0 Å². The average molecular weight is 215 g/mol. The highest BCUT2D eigenvalue weighted by Crippen LogP contribution is 2.30. The van der Waals surface area contributed by atoms with Crippen molar-refractivity contribution in [2.24, 2.45) is 0 Å². The largest absolute Gasteiger partial charge is 0.357 e. The zero-order valence-electron chi connectivity index (χ0n) is 10.0. The molecule has 0 unspecified atom stereocenters. The van der Waals surface area contributed by atoms with Crippen LogP contribution >= 0.6 is 0 Å². The average Bonchev–Trinajstić information content (AvgIpc) is 2.58. The fraction of sp³-hybridized carbons (Fsp3) is 0.462. The molecule has 3 heterocycles. The summed E-state index contributed by atoms with van der Waals surface area (Å²) in [6.07, 6.45) is 3.01. The summed E-state index contributed by atoms with van der Waals surface area (Å²) in [7, 11) is 2.18. The smallest absolute Gasteiger partial charge is 0.0493 e. The molecule has 0 bridgehead atoms. The molecule has 1 aliphatic rings. The molecule has 1 atom stereocenters. The molecule has 0 saturated carbocycles. The van der Waals surface area contributed by atoms with E-state index in [1.165, 1.54) is 22.2 Å². The van der Waals surface area contributed by atoms with Crippen LogP contribution in [0.2, 0.25) is 0 Å². The first-order chi connectivity index (χ1) is 7.66. The van der Waals surface area contributed by atoms with E-state index >= 15 is 0 Å². The Morgan fingerprint density at radius 2 is 2.31 bits per heavy atom. The predicted molar refractivity (Wildman–Crippen MR) is 65.5 cm³/mol. The summed E-state index contributed by atoms with van der Waals surface area (Å²) in [4.78, 5) is 10.3. The van der Waals surface area contributed by atoms with Crippen molar-refractivity contribution in [1.82, 2.24) is 14.9 Å². The molecule has 2 aromatic heterocycles. The van der Waals surface area contributed by atoms with Crippen LogP contribution in [0.15, 0.2) is 12.3 Å². The van der Waals surface area contributed by atoms with Gasteiger partial charge in [-0.2, -0.15) is 0 Å². The maximum absolute atomic E-state index is 4.40. The van der Waals surface area contributed by atoms with Crippen LogP contribution in [-0.2, 0) is 13.0 Å². The number of aryl methyl sites for hydroxylation is 1. The number of aromatic amines is 1. The fourth-order valence-corrected chi connectivity index (χ4v) is 2.66. The minimum atomic E-state index is 0.617. The Balaban J connectivity index is 2.26. The summed E-state index contributed by atoms with van der Waals surface area (Å²) in [6, 6.07) is 2.69. The van der Waals surface area contributed by atoms with Crippen molar-refractivity contribution < 1.29 is 0 Å². The molecule has 2 aromatic rings. The standard InChI is InChI=1S/C13H17N3/c1-8-6-10-12(7-16(8)3)15-11-4-5-14-9(2)13(10)11/h4-5,8,15H,6-7H2,1-3H3/t8-/m1/s1. The quantitative estimate of drug-likeness (QED) is 0.731. The van der Waals surface area contributed by atoms with Gasteiger partial charge in [-0.25, -0.2) is 0 Å². The number of fused-ring (bicyclic) bond motifs is 3. The second-order valence-corrected chi connectivity index (χ2v) is 4.87. The van der Waals surface area contributed by atoms with E-state index < -0.39 is 0 Å². The van der Waals surface area contributed by atoms with Crippen molar-refractivity contribution >= 4 is 10.9 Å². The van der Waals surface area contributed by atoms with Crippen LogP contribution in [0, 0.1) is 6.92 Å². The lowest BCUT2D eigenvalue weighted by Crippen LogP contribution is -2.34. The topological polar surface area (TPSA) is 31.9 Å². The molecule has 84 valence electrons. The van der Waals surface area contributed by atoms with Crippen LogP contribution in [-0.4, -0.2) is 28.0 Å². The van der Waals surface area contributed by atoms with Gasteiger partial charge in [0.2, 0.25) is 0 Å². The van der Waals surface area contributed by atoms with E-state index in [0.717, 1.165) is 18.7 Å². The normalized spacial score (nSPS) is 21.3. The number of likely N-dealkylation sites (N-methyl/N-ethyl adjacent to an activating group) is 1. The zero-order chi connectivity index (χ0) is 11.3. The maximum atomic E-state index is 4.40. The number of H-pyrrole nitrogens is 1. The SMILES string of the molecule is Cc1nccc2[nH]c3c(c12)C[C@@H](C)N(C)C3. The van der Waals surface area contributed by atoms with Gasteiger partial charge in [0, 0.05) is 41.1 Å². The van der Waals surface area contributed by atoms with E-state index in [0.29, 0.717) is 6.04 Å². The lowest BCUT2D eigenvalue weighted by atomic mass is 9.98. The number of hydrogen-bond donors (Lipinski definition) is 1. The van der Waals surface area contributed by atoms with Crippen molar-refractivity contribution in [2.45, 2.75) is 32.9 Å². The summed E-state index contributed by atoms with van der Waals surface area (Å²) in [6.45, 7) is 5.40. The fourth-order valence-electron chi connectivity index (χ4n) is 2.66. The predicted octanol–water partition coefficient (Wildman–Crippen LogP) is 2.25. The zero-order valence-corrected chi connectivity index (χ0v) is 10.0. The highest BCUT2D eigenvalue weighted by atomic mass is 15.1. The minimum absolute atomic E-state index is 0.617. The molecule has 3 nitrogen and oxygen atoms in total. The van der Waals surface area contributed by atoms with E-state index in [-0.39, 0.29) is 0 Å². The third kappa shape index (κ3) is 1.28. The van der Waals surface area contributed by atoms with Crippen molar-refractivity contribution in [1.29, 1.82) is 0 Å². The first-order valence-electron chi connectivity index (χ1n) is 5.82. The summed E-state index contributed by atoms with van der Waals surface area (Å²) < 4.78 is 0. The summed E-state index contributed by atoms with van der Waals surface area (Å²) in [5.74, 6) is 0. The van der Waals surface area contributed by atoms with Gasteiger partial charge in [0.25, 0.3) is 0 Å². The summed E-state index contributed by atoms with van der Waals surface area (Å²) >= 11 is 0. The van der Waals surface area contributed by atoms with Crippen LogP contribution in [0.4, 0.5) is 0 Å². The minimum Gasteiger partial charge on any atom is -0.357 e. The third-order valence-electron chi connectivity index (χ3n) is 3.75. The van der Waals surface area contributed by atoms with Gasteiger partial charge < -0.3 is 4.98 Å². The number of nitrogens with zero attached hydrogens (tertiary/aromatic N) is 2. The van der Waals surface area contributed by atoms with Gasteiger partial charge in [-0.3, -0.25) is 9.88 Å². The van der Waals surface area contributed by atoms with E-state index in [1.54, 1.807) is 0 Å². The molecule has 0 aliphatic carbocycles. The Labute approximate surface area is 95.5 Å². The Morgan fingerprint density at radius 3 is 3.12 bits per heavy atom. The molecule has 1 N–H and O–H groups in total. The molecule has 0 amide bonds. The van der Waals surface area contributed by atoms with E-state index in [4.69, 9.17) is 0 Å². The first-order valence-corrected chi connectivity index (χ1v) is 5.82. The Hall–Kier alpha value is -1.35. The lowest BCUT2D eigenvalue weighted by molar-refractivity contribution is 0.229. The van der Waals surface area contributed by atoms with Crippen LogP contribution in [0.3, 0.4) is 0 Å². The lowest BCUT2D eigenvalue weighted by Gasteiger charge is -2.29. The number of hydrogen-bond acceptors (Lipinski definition) is 2. The third-order valence-corrected chi connectivity index (χ3v) is 3.75. The van der Waals surface area contributed by atoms with E-state index in [1.807, 2.05) is 6.20 Å². The van der Waals surface area contributed by atoms with Crippen molar-refractivity contribution in [3.8, 4) is 0 Å². The van der Waals surface area contributed by atoms with Crippen molar-refractivity contribution in [3.05, 3.63) is 29.2 Å². The van der Waals surface area contributed by atoms with Crippen LogP contribution < -0.4 is 0 Å². The second-order valence-electron chi connectivity index (χ2n) is 4.87. The summed E-state index contributed by atoms with van der Waals surface area (Å²) in [5, 5.41) is 1.34. The van der Waals surface area contributed by atoms with Gasteiger partial charge >= 0.3 is 0 Å². The van der Waals surface area contributed by atoms with Crippen LogP contribution in [0.1, 0.15) is 23.9 Å². The molecule has 0 fully saturated rings.